The second-order valence-corrected chi connectivity index (χ2v) is 14.6. The van der Waals surface area contributed by atoms with Gasteiger partial charge in [-0.25, -0.2) is 9.78 Å². The number of rotatable bonds is 9. The minimum absolute atomic E-state index is 0.0710. The number of aromatic amines is 1. The molecule has 0 unspecified atom stereocenters. The molecule has 0 spiro atoms. The summed E-state index contributed by atoms with van der Waals surface area (Å²) >= 11 is 0. The Morgan fingerprint density at radius 3 is 2.38 bits per heavy atom. The Hall–Kier alpha value is -4.41. The molecule has 2 fully saturated rings. The van der Waals surface area contributed by atoms with Crippen LogP contribution in [0.4, 0.5) is 16.3 Å². The van der Waals surface area contributed by atoms with E-state index in [0.717, 1.165) is 91.2 Å². The number of H-pyrrole nitrogens is 1. The highest BCUT2D eigenvalue weighted by molar-refractivity contribution is 6.03. The van der Waals surface area contributed by atoms with Gasteiger partial charge in [-0.3, -0.25) is 9.69 Å². The molecule has 2 N–H and O–H groups in total. The predicted octanol–water partition coefficient (Wildman–Crippen LogP) is 6.88. The van der Waals surface area contributed by atoms with E-state index in [4.69, 9.17) is 14.5 Å². The highest BCUT2D eigenvalue weighted by atomic mass is 16.6. The molecule has 10 nitrogen and oxygen atoms in total. The molecule has 50 heavy (non-hydrogen) atoms. The lowest BCUT2D eigenvalue weighted by Gasteiger charge is -2.36. The molecular formula is C40H52N6O4. The number of pyridine rings is 2. The summed E-state index contributed by atoms with van der Waals surface area (Å²) in [5, 5.41) is 5.68. The van der Waals surface area contributed by atoms with Gasteiger partial charge in [0.1, 0.15) is 11.4 Å². The number of fused-ring (bicyclic) bond motifs is 1. The van der Waals surface area contributed by atoms with Crippen LogP contribution in [0.1, 0.15) is 62.9 Å². The zero-order valence-electron chi connectivity index (χ0n) is 30.5. The normalized spacial score (nSPS) is 16.1. The zero-order chi connectivity index (χ0) is 35.4. The Balaban J connectivity index is 1.27. The number of carbonyl (C=O) groups is 1. The molecule has 0 atom stereocenters. The van der Waals surface area contributed by atoms with Gasteiger partial charge in [0.25, 0.3) is 5.56 Å². The fourth-order valence-electron chi connectivity index (χ4n) is 7.18. The number of nitrogens with zero attached hydrogens (tertiary/aromatic N) is 4. The van der Waals surface area contributed by atoms with Gasteiger partial charge in [-0.2, -0.15) is 0 Å². The number of hydrogen-bond donors (Lipinski definition) is 2. The summed E-state index contributed by atoms with van der Waals surface area (Å²) in [5.74, 6) is 0.759. The summed E-state index contributed by atoms with van der Waals surface area (Å²) in [6.07, 6.45) is 3.61. The fourth-order valence-corrected chi connectivity index (χ4v) is 7.18. The number of aromatic nitrogens is 2. The number of hydrogen-bond acceptors (Lipinski definition) is 8. The maximum absolute atomic E-state index is 12.8. The Morgan fingerprint density at radius 2 is 1.72 bits per heavy atom. The monoisotopic (exact) mass is 680 g/mol. The van der Waals surface area contributed by atoms with E-state index in [2.05, 4.69) is 69.5 Å². The van der Waals surface area contributed by atoms with Crippen molar-refractivity contribution in [1.29, 1.82) is 0 Å². The molecule has 10 heteroatoms. The third-order valence-corrected chi connectivity index (χ3v) is 9.78. The summed E-state index contributed by atoms with van der Waals surface area (Å²) in [7, 11) is 0. The van der Waals surface area contributed by atoms with Crippen LogP contribution in [0.3, 0.4) is 0 Å². The SMILES string of the molecule is CCN(c1cc(-c2ccc(CN3CCN(C(=O)OC(C)(C)C)CC3)cc2)cc2c(NCc3c(C)cc(C)[nH]c3=O)nccc12)C1CCOCC1. The molecule has 2 aromatic carbocycles. The van der Waals surface area contributed by atoms with E-state index < -0.39 is 5.60 Å². The van der Waals surface area contributed by atoms with Gasteiger partial charge < -0.3 is 29.6 Å². The fraction of sp³-hybridized carbons (Fsp3) is 0.475. The van der Waals surface area contributed by atoms with Gasteiger partial charge in [0.15, 0.2) is 0 Å². The van der Waals surface area contributed by atoms with Gasteiger partial charge in [-0.15, -0.1) is 0 Å². The van der Waals surface area contributed by atoms with Gasteiger partial charge in [0.05, 0.1) is 0 Å². The van der Waals surface area contributed by atoms with Crippen LogP contribution >= 0.6 is 0 Å². The lowest BCUT2D eigenvalue weighted by Crippen LogP contribution is -2.49. The van der Waals surface area contributed by atoms with E-state index in [9.17, 15) is 9.59 Å². The van der Waals surface area contributed by atoms with Crippen molar-refractivity contribution in [3.05, 3.63) is 87.5 Å². The molecular weight excluding hydrogens is 628 g/mol. The van der Waals surface area contributed by atoms with Crippen LogP contribution in [0, 0.1) is 13.8 Å². The molecule has 0 bridgehead atoms. The van der Waals surface area contributed by atoms with Crippen LogP contribution in [0.5, 0.6) is 0 Å². The minimum Gasteiger partial charge on any atom is -0.444 e. The van der Waals surface area contributed by atoms with Crippen LogP contribution < -0.4 is 15.8 Å². The lowest BCUT2D eigenvalue weighted by molar-refractivity contribution is 0.0139. The molecule has 266 valence electrons. The zero-order valence-corrected chi connectivity index (χ0v) is 30.5. The number of ether oxygens (including phenoxy) is 2. The van der Waals surface area contributed by atoms with Gasteiger partial charge in [0, 0.05) is 99.0 Å². The Morgan fingerprint density at radius 1 is 1.00 bits per heavy atom. The summed E-state index contributed by atoms with van der Waals surface area (Å²) < 4.78 is 11.3. The molecule has 6 rings (SSSR count). The highest BCUT2D eigenvalue weighted by Crippen LogP contribution is 2.38. The second-order valence-electron chi connectivity index (χ2n) is 14.6. The standard InChI is InChI=1S/C40H52N6O4/c1-7-46(32-13-20-49-21-14-32)36-24-31(23-34-33(36)12-15-41-37(34)42-25-35-27(2)22-28(3)43-38(35)47)30-10-8-29(9-11-30)26-44-16-18-45(19-17-44)39(48)50-40(4,5)6/h8-12,15,22-24,32H,7,13-14,16-21,25-26H2,1-6H3,(H,41,42)(H,43,47). The summed E-state index contributed by atoms with van der Waals surface area (Å²) in [5.41, 5.74) is 6.65. The Kier molecular flexibility index (Phi) is 10.8. The highest BCUT2D eigenvalue weighted by Gasteiger charge is 2.26. The van der Waals surface area contributed by atoms with Crippen molar-refractivity contribution in [2.75, 3.05) is 56.2 Å². The predicted molar refractivity (Wildman–Crippen MR) is 201 cm³/mol. The first-order chi connectivity index (χ1) is 24.0. The van der Waals surface area contributed by atoms with Gasteiger partial charge in [-0.1, -0.05) is 24.3 Å². The van der Waals surface area contributed by atoms with Crippen LogP contribution in [0.2, 0.25) is 0 Å². The molecule has 4 aromatic rings. The van der Waals surface area contributed by atoms with Crippen molar-refractivity contribution < 1.29 is 14.3 Å². The smallest absolute Gasteiger partial charge is 0.410 e. The molecule has 0 radical (unpaired) electrons. The molecule has 1 amide bonds. The van der Waals surface area contributed by atoms with E-state index in [1.54, 1.807) is 4.90 Å². The molecule has 2 aromatic heterocycles. The van der Waals surface area contributed by atoms with Crippen LogP contribution in [-0.4, -0.2) is 83.4 Å². The van der Waals surface area contributed by atoms with E-state index in [1.165, 1.54) is 11.3 Å². The largest absolute Gasteiger partial charge is 0.444 e. The molecule has 2 aliphatic rings. The molecule has 0 aliphatic carbocycles. The third-order valence-electron chi connectivity index (χ3n) is 9.78. The average Bonchev–Trinajstić information content (AvgIpc) is 3.08. The van der Waals surface area contributed by atoms with Crippen molar-refractivity contribution in [3.8, 4) is 11.1 Å². The molecule has 0 saturated carbocycles. The maximum Gasteiger partial charge on any atom is 0.410 e. The number of carbonyl (C=O) groups excluding carboxylic acids is 1. The van der Waals surface area contributed by atoms with Crippen LogP contribution in [0.15, 0.2) is 59.5 Å². The van der Waals surface area contributed by atoms with Crippen molar-refractivity contribution in [2.24, 2.45) is 0 Å². The number of aryl methyl sites for hydroxylation is 2. The van der Waals surface area contributed by atoms with Crippen molar-refractivity contribution in [1.82, 2.24) is 19.8 Å². The molecule has 4 heterocycles. The molecule has 2 saturated heterocycles. The van der Waals surface area contributed by atoms with Crippen LogP contribution in [-0.2, 0) is 22.6 Å². The molecule has 2 aliphatic heterocycles. The Labute approximate surface area is 295 Å². The van der Waals surface area contributed by atoms with Crippen molar-refractivity contribution in [3.63, 3.8) is 0 Å². The number of benzene rings is 2. The minimum atomic E-state index is -0.489. The third kappa shape index (κ3) is 8.30. The van der Waals surface area contributed by atoms with Gasteiger partial charge in [0.2, 0.25) is 0 Å². The van der Waals surface area contributed by atoms with Crippen molar-refractivity contribution in [2.45, 2.75) is 79.1 Å². The summed E-state index contributed by atoms with van der Waals surface area (Å²) in [4.78, 5) is 39.8. The first kappa shape index (κ1) is 35.4. The number of piperazine rings is 1. The number of anilines is 2. The lowest BCUT2D eigenvalue weighted by atomic mass is 9.97. The van der Waals surface area contributed by atoms with E-state index in [1.807, 2.05) is 46.9 Å². The quantitative estimate of drug-likeness (QED) is 0.197. The second kappa shape index (κ2) is 15.2. The summed E-state index contributed by atoms with van der Waals surface area (Å²) in [6.45, 7) is 18.4. The first-order valence-electron chi connectivity index (χ1n) is 18.0. The van der Waals surface area contributed by atoms with E-state index in [-0.39, 0.29) is 11.7 Å². The van der Waals surface area contributed by atoms with Crippen molar-refractivity contribution >= 4 is 28.4 Å². The number of amides is 1. The average molecular weight is 681 g/mol. The summed E-state index contributed by atoms with van der Waals surface area (Å²) in [6, 6.07) is 17.9. The number of nitrogens with one attached hydrogen (secondary N) is 2. The Bertz CT molecular complexity index is 1850. The topological polar surface area (TPSA) is 103 Å². The van der Waals surface area contributed by atoms with E-state index >= 15 is 0 Å². The van der Waals surface area contributed by atoms with Crippen LogP contribution in [0.25, 0.3) is 21.9 Å². The maximum atomic E-state index is 12.8. The first-order valence-corrected chi connectivity index (χ1v) is 18.0. The van der Waals surface area contributed by atoms with E-state index in [0.29, 0.717) is 31.2 Å². The van der Waals surface area contributed by atoms with Gasteiger partial charge in [-0.05, 0) is 101 Å². The van der Waals surface area contributed by atoms with Gasteiger partial charge >= 0.3 is 6.09 Å².